The second-order valence-electron chi connectivity index (χ2n) is 4.59. The van der Waals surface area contributed by atoms with E-state index < -0.39 is 0 Å². The maximum atomic E-state index is 5.51. The molecule has 0 radical (unpaired) electrons. The zero-order valence-corrected chi connectivity index (χ0v) is 11.3. The van der Waals surface area contributed by atoms with Gasteiger partial charge in [0.25, 0.3) is 0 Å². The summed E-state index contributed by atoms with van der Waals surface area (Å²) in [5.41, 5.74) is 1.36. The van der Waals surface area contributed by atoms with Gasteiger partial charge in [0.2, 0.25) is 0 Å². The summed E-state index contributed by atoms with van der Waals surface area (Å²) in [6, 6.07) is 8.43. The second-order valence-corrected chi connectivity index (χ2v) is 4.59. The monoisotopic (exact) mass is 235 g/mol. The van der Waals surface area contributed by atoms with E-state index in [1.807, 2.05) is 13.0 Å². The van der Waals surface area contributed by atoms with Gasteiger partial charge in [-0.3, -0.25) is 0 Å². The van der Waals surface area contributed by atoms with Crippen molar-refractivity contribution in [2.24, 2.45) is 5.92 Å². The molecule has 2 nitrogen and oxygen atoms in total. The van der Waals surface area contributed by atoms with Crippen LogP contribution in [-0.2, 0) is 6.42 Å². The first kappa shape index (κ1) is 14.0. The lowest BCUT2D eigenvalue weighted by atomic mass is 10.0. The Kier molecular flexibility index (Phi) is 6.71. The van der Waals surface area contributed by atoms with Crippen molar-refractivity contribution in [3.05, 3.63) is 29.8 Å². The summed E-state index contributed by atoms with van der Waals surface area (Å²) in [6.45, 7) is 9.44. The van der Waals surface area contributed by atoms with Gasteiger partial charge in [-0.05, 0) is 56.5 Å². The minimum absolute atomic E-state index is 0.665. The van der Waals surface area contributed by atoms with Gasteiger partial charge < -0.3 is 10.1 Å². The van der Waals surface area contributed by atoms with Gasteiger partial charge in [0.05, 0.1) is 6.61 Å². The fourth-order valence-electron chi connectivity index (χ4n) is 1.93. The van der Waals surface area contributed by atoms with Crippen molar-refractivity contribution in [2.45, 2.75) is 33.6 Å². The molecule has 1 aromatic carbocycles. The van der Waals surface area contributed by atoms with Crippen molar-refractivity contribution in [3.63, 3.8) is 0 Å². The van der Waals surface area contributed by atoms with Crippen LogP contribution in [0.4, 0.5) is 0 Å². The van der Waals surface area contributed by atoms with Crippen molar-refractivity contribution < 1.29 is 4.74 Å². The standard InChI is InChI=1S/C15H25NO/c1-4-9-16-12-13(3)10-14-7-6-8-15(11-14)17-5-2/h6-8,11,13,16H,4-5,9-10,12H2,1-3H3. The van der Waals surface area contributed by atoms with E-state index in [0.717, 1.165) is 31.9 Å². The number of hydrogen-bond acceptors (Lipinski definition) is 2. The van der Waals surface area contributed by atoms with Crippen LogP contribution in [0.2, 0.25) is 0 Å². The average molecular weight is 235 g/mol. The van der Waals surface area contributed by atoms with Crippen molar-refractivity contribution in [1.29, 1.82) is 0 Å². The van der Waals surface area contributed by atoms with Crippen LogP contribution in [0.3, 0.4) is 0 Å². The summed E-state index contributed by atoms with van der Waals surface area (Å²) >= 11 is 0. The number of hydrogen-bond donors (Lipinski definition) is 1. The Morgan fingerprint density at radius 2 is 2.12 bits per heavy atom. The molecule has 1 unspecified atom stereocenters. The van der Waals surface area contributed by atoms with E-state index >= 15 is 0 Å². The molecular formula is C15H25NO. The molecule has 0 aliphatic rings. The van der Waals surface area contributed by atoms with Crippen LogP contribution in [0.1, 0.15) is 32.8 Å². The summed E-state index contributed by atoms with van der Waals surface area (Å²) in [6.07, 6.45) is 2.31. The molecule has 0 amide bonds. The SMILES string of the molecule is CCCNCC(C)Cc1cccc(OCC)c1. The third-order valence-corrected chi connectivity index (χ3v) is 2.71. The number of ether oxygens (including phenoxy) is 1. The van der Waals surface area contributed by atoms with E-state index in [-0.39, 0.29) is 0 Å². The Labute approximate surface area is 105 Å². The van der Waals surface area contributed by atoms with Gasteiger partial charge in [-0.15, -0.1) is 0 Å². The third-order valence-electron chi connectivity index (χ3n) is 2.71. The minimum Gasteiger partial charge on any atom is -0.494 e. The van der Waals surface area contributed by atoms with E-state index in [2.05, 4.69) is 37.4 Å². The number of nitrogens with one attached hydrogen (secondary N) is 1. The molecule has 17 heavy (non-hydrogen) atoms. The molecule has 1 N–H and O–H groups in total. The fraction of sp³-hybridized carbons (Fsp3) is 0.600. The van der Waals surface area contributed by atoms with Crippen LogP contribution in [0.5, 0.6) is 5.75 Å². The number of rotatable bonds is 8. The summed E-state index contributed by atoms with van der Waals surface area (Å²) in [7, 11) is 0. The zero-order chi connectivity index (χ0) is 12.5. The van der Waals surface area contributed by atoms with Gasteiger partial charge >= 0.3 is 0 Å². The molecule has 0 aromatic heterocycles. The lowest BCUT2D eigenvalue weighted by molar-refractivity contribution is 0.339. The average Bonchev–Trinajstić information content (AvgIpc) is 2.30. The topological polar surface area (TPSA) is 21.3 Å². The highest BCUT2D eigenvalue weighted by atomic mass is 16.5. The molecule has 0 aliphatic carbocycles. The maximum absolute atomic E-state index is 5.51. The van der Waals surface area contributed by atoms with Crippen LogP contribution >= 0.6 is 0 Å². The Morgan fingerprint density at radius 3 is 2.82 bits per heavy atom. The molecule has 0 heterocycles. The molecule has 0 bridgehead atoms. The predicted octanol–water partition coefficient (Wildman–Crippen LogP) is 3.26. The zero-order valence-electron chi connectivity index (χ0n) is 11.3. The highest BCUT2D eigenvalue weighted by Gasteiger charge is 2.04. The van der Waals surface area contributed by atoms with E-state index in [4.69, 9.17) is 4.74 Å². The first-order valence-corrected chi connectivity index (χ1v) is 6.68. The smallest absolute Gasteiger partial charge is 0.119 e. The molecule has 1 atom stereocenters. The molecule has 0 saturated heterocycles. The van der Waals surface area contributed by atoms with Crippen LogP contribution in [0.15, 0.2) is 24.3 Å². The molecule has 1 aromatic rings. The van der Waals surface area contributed by atoms with Crippen molar-refractivity contribution in [3.8, 4) is 5.75 Å². The largest absolute Gasteiger partial charge is 0.494 e. The highest BCUT2D eigenvalue weighted by Crippen LogP contribution is 2.16. The van der Waals surface area contributed by atoms with Crippen LogP contribution in [0, 0.1) is 5.92 Å². The van der Waals surface area contributed by atoms with Crippen molar-refractivity contribution >= 4 is 0 Å². The van der Waals surface area contributed by atoms with Crippen LogP contribution < -0.4 is 10.1 Å². The normalized spacial score (nSPS) is 12.4. The summed E-state index contributed by atoms with van der Waals surface area (Å²) in [5.74, 6) is 1.65. The lowest BCUT2D eigenvalue weighted by Crippen LogP contribution is -2.23. The molecule has 96 valence electrons. The predicted molar refractivity (Wildman–Crippen MR) is 73.6 cm³/mol. The van der Waals surface area contributed by atoms with E-state index in [1.54, 1.807) is 0 Å². The first-order valence-electron chi connectivity index (χ1n) is 6.68. The van der Waals surface area contributed by atoms with Gasteiger partial charge in [-0.25, -0.2) is 0 Å². The van der Waals surface area contributed by atoms with E-state index in [0.29, 0.717) is 5.92 Å². The van der Waals surface area contributed by atoms with Crippen molar-refractivity contribution in [2.75, 3.05) is 19.7 Å². The highest BCUT2D eigenvalue weighted by molar-refractivity contribution is 5.28. The van der Waals surface area contributed by atoms with E-state index in [9.17, 15) is 0 Å². The summed E-state index contributed by atoms with van der Waals surface area (Å²) in [4.78, 5) is 0. The Bertz CT molecular complexity index is 312. The lowest BCUT2D eigenvalue weighted by Gasteiger charge is -2.13. The molecule has 1 rings (SSSR count). The van der Waals surface area contributed by atoms with Crippen LogP contribution in [0.25, 0.3) is 0 Å². The molecule has 2 heteroatoms. The second kappa shape index (κ2) is 8.13. The summed E-state index contributed by atoms with van der Waals surface area (Å²) < 4.78 is 5.51. The van der Waals surface area contributed by atoms with Gasteiger partial charge in [-0.2, -0.15) is 0 Å². The molecular weight excluding hydrogens is 210 g/mol. The third kappa shape index (κ3) is 5.73. The summed E-state index contributed by atoms with van der Waals surface area (Å²) in [5, 5.41) is 3.46. The Balaban J connectivity index is 2.41. The molecule has 0 saturated carbocycles. The molecule has 0 spiro atoms. The van der Waals surface area contributed by atoms with Crippen molar-refractivity contribution in [1.82, 2.24) is 5.32 Å². The van der Waals surface area contributed by atoms with Gasteiger partial charge in [-0.1, -0.05) is 26.0 Å². The first-order chi connectivity index (χ1) is 8.26. The maximum Gasteiger partial charge on any atom is 0.119 e. The van der Waals surface area contributed by atoms with E-state index in [1.165, 1.54) is 12.0 Å². The Hall–Kier alpha value is -1.02. The quantitative estimate of drug-likeness (QED) is 0.698. The Morgan fingerprint density at radius 1 is 1.29 bits per heavy atom. The van der Waals surface area contributed by atoms with Gasteiger partial charge in [0.15, 0.2) is 0 Å². The van der Waals surface area contributed by atoms with Crippen LogP contribution in [-0.4, -0.2) is 19.7 Å². The minimum atomic E-state index is 0.665. The molecule has 0 fully saturated rings. The van der Waals surface area contributed by atoms with Gasteiger partial charge in [0, 0.05) is 0 Å². The van der Waals surface area contributed by atoms with Gasteiger partial charge in [0.1, 0.15) is 5.75 Å². The fourth-order valence-corrected chi connectivity index (χ4v) is 1.93. The number of benzene rings is 1. The molecule has 0 aliphatic heterocycles.